The Morgan fingerprint density at radius 2 is 1.89 bits per heavy atom. The summed E-state index contributed by atoms with van der Waals surface area (Å²) in [6, 6.07) is 0.529. The van der Waals surface area contributed by atoms with Gasteiger partial charge < -0.3 is 5.32 Å². The summed E-state index contributed by atoms with van der Waals surface area (Å²) in [5.41, 5.74) is 4.98. The van der Waals surface area contributed by atoms with E-state index in [0.29, 0.717) is 11.1 Å². The molecule has 0 fully saturated rings. The van der Waals surface area contributed by atoms with Crippen LogP contribution in [0.2, 0.25) is 5.02 Å². The topological polar surface area (TPSA) is 78.9 Å². The highest BCUT2D eigenvalue weighted by molar-refractivity contribution is 7.13. The molecule has 0 aliphatic rings. The lowest BCUT2D eigenvalue weighted by Gasteiger charge is -2.23. The third-order valence-corrected chi connectivity index (χ3v) is 4.66. The molecular weight excluding hydrogens is 403 g/mol. The first-order valence-electron chi connectivity index (χ1n) is 7.89. The number of thiazole rings is 1. The highest BCUT2D eigenvalue weighted by atomic mass is 35.5. The SMILES string of the molecule is C[C@H](NNC(C)(C)C)c1ncc(C(=O)Nc2cc(C(F)(F)F)c(Cl)cn2)s1. The van der Waals surface area contributed by atoms with Gasteiger partial charge in [0.25, 0.3) is 5.91 Å². The van der Waals surface area contributed by atoms with Crippen molar-refractivity contribution in [3.8, 4) is 0 Å². The van der Waals surface area contributed by atoms with E-state index in [1.807, 2.05) is 27.7 Å². The van der Waals surface area contributed by atoms with Crippen LogP contribution >= 0.6 is 22.9 Å². The predicted molar refractivity (Wildman–Crippen MR) is 98.8 cm³/mol. The van der Waals surface area contributed by atoms with Gasteiger partial charge in [0.2, 0.25) is 0 Å². The van der Waals surface area contributed by atoms with Crippen molar-refractivity contribution in [1.29, 1.82) is 0 Å². The van der Waals surface area contributed by atoms with Gasteiger partial charge in [0.05, 0.1) is 22.8 Å². The van der Waals surface area contributed by atoms with Crippen LogP contribution < -0.4 is 16.2 Å². The van der Waals surface area contributed by atoms with E-state index in [4.69, 9.17) is 11.6 Å². The predicted octanol–water partition coefficient (Wildman–Crippen LogP) is 4.42. The van der Waals surface area contributed by atoms with Crippen molar-refractivity contribution in [2.45, 2.75) is 45.5 Å². The molecule has 11 heteroatoms. The number of pyridine rings is 1. The Morgan fingerprint density at radius 3 is 2.48 bits per heavy atom. The zero-order chi connectivity index (χ0) is 20.4. The van der Waals surface area contributed by atoms with Gasteiger partial charge in [-0.2, -0.15) is 13.2 Å². The molecule has 148 valence electrons. The summed E-state index contributed by atoms with van der Waals surface area (Å²) in [5.74, 6) is -0.843. The van der Waals surface area contributed by atoms with Crippen molar-refractivity contribution in [1.82, 2.24) is 20.8 Å². The molecule has 6 nitrogen and oxygen atoms in total. The molecule has 0 radical (unpaired) electrons. The Bertz CT molecular complexity index is 819. The summed E-state index contributed by atoms with van der Waals surface area (Å²) >= 11 is 6.65. The molecule has 0 saturated heterocycles. The molecule has 2 aromatic rings. The van der Waals surface area contributed by atoms with Crippen LogP contribution in [-0.2, 0) is 6.18 Å². The van der Waals surface area contributed by atoms with Crippen LogP contribution in [0.3, 0.4) is 0 Å². The third-order valence-electron chi connectivity index (χ3n) is 3.18. The van der Waals surface area contributed by atoms with Gasteiger partial charge in [-0.25, -0.2) is 15.4 Å². The first-order valence-corrected chi connectivity index (χ1v) is 9.09. The quantitative estimate of drug-likeness (QED) is 0.623. The summed E-state index contributed by atoms with van der Waals surface area (Å²) in [6.07, 6.45) is -2.42. The number of anilines is 1. The van der Waals surface area contributed by atoms with Crippen LogP contribution in [0.4, 0.5) is 19.0 Å². The molecule has 0 spiro atoms. The zero-order valence-corrected chi connectivity index (χ0v) is 16.6. The van der Waals surface area contributed by atoms with E-state index < -0.39 is 22.7 Å². The highest BCUT2D eigenvalue weighted by Crippen LogP contribution is 2.35. The second-order valence-electron chi connectivity index (χ2n) is 6.81. The fraction of sp³-hybridized carbons (Fsp3) is 0.438. The maximum Gasteiger partial charge on any atom is 0.418 e. The first kappa shape index (κ1) is 21.5. The van der Waals surface area contributed by atoms with Crippen LogP contribution in [0.25, 0.3) is 0 Å². The monoisotopic (exact) mass is 421 g/mol. The Morgan fingerprint density at radius 1 is 1.22 bits per heavy atom. The van der Waals surface area contributed by atoms with E-state index in [1.165, 1.54) is 6.20 Å². The van der Waals surface area contributed by atoms with Crippen molar-refractivity contribution >= 4 is 34.7 Å². The molecule has 0 unspecified atom stereocenters. The standard InChI is InChI=1S/C16H19ClF3N5OS/c1-8(24-25-15(2,3)4)14-22-7-11(27-14)13(26)23-12-5-9(16(18,19)20)10(17)6-21-12/h5-8,24-25H,1-4H3,(H,21,23,26)/t8-/m0/s1. The van der Waals surface area contributed by atoms with Crippen LogP contribution in [-0.4, -0.2) is 21.4 Å². The second kappa shape index (κ2) is 8.09. The lowest BCUT2D eigenvalue weighted by molar-refractivity contribution is -0.137. The molecule has 0 aromatic carbocycles. The number of nitrogens with one attached hydrogen (secondary N) is 3. The summed E-state index contributed by atoms with van der Waals surface area (Å²) in [7, 11) is 0. The molecule has 2 rings (SSSR count). The van der Waals surface area contributed by atoms with Crippen LogP contribution in [0.15, 0.2) is 18.5 Å². The smallest absolute Gasteiger partial charge is 0.306 e. The Balaban J connectivity index is 2.08. The van der Waals surface area contributed by atoms with Crippen LogP contribution in [0.5, 0.6) is 0 Å². The minimum Gasteiger partial charge on any atom is -0.306 e. The first-order chi connectivity index (χ1) is 12.4. The maximum absolute atomic E-state index is 12.9. The summed E-state index contributed by atoms with van der Waals surface area (Å²) in [5, 5.41) is 2.45. The molecule has 2 aromatic heterocycles. The normalized spacial score (nSPS) is 13.5. The number of nitrogens with zero attached hydrogens (tertiary/aromatic N) is 2. The van der Waals surface area contributed by atoms with Gasteiger partial charge in [-0.05, 0) is 33.8 Å². The second-order valence-corrected chi connectivity index (χ2v) is 8.27. The number of carbonyl (C=O) groups is 1. The minimum absolute atomic E-state index is 0.151. The fourth-order valence-corrected chi connectivity index (χ4v) is 2.91. The molecule has 0 aliphatic heterocycles. The molecular formula is C16H19ClF3N5OS. The number of hydrazine groups is 1. The summed E-state index contributed by atoms with van der Waals surface area (Å²) < 4.78 is 38.7. The van der Waals surface area contributed by atoms with E-state index in [0.717, 1.165) is 17.5 Å². The lowest BCUT2D eigenvalue weighted by atomic mass is 10.1. The number of carbonyl (C=O) groups excluding carboxylic acids is 1. The number of alkyl halides is 3. The van der Waals surface area contributed by atoms with Gasteiger partial charge in [0, 0.05) is 11.7 Å². The lowest BCUT2D eigenvalue weighted by Crippen LogP contribution is -2.46. The molecule has 1 atom stereocenters. The van der Waals surface area contributed by atoms with Crippen molar-refractivity contribution in [2.24, 2.45) is 0 Å². The number of amides is 1. The van der Waals surface area contributed by atoms with E-state index in [1.54, 1.807) is 0 Å². The van der Waals surface area contributed by atoms with Crippen molar-refractivity contribution < 1.29 is 18.0 Å². The van der Waals surface area contributed by atoms with Crippen molar-refractivity contribution in [3.63, 3.8) is 0 Å². The molecule has 1 amide bonds. The number of hydrogen-bond acceptors (Lipinski definition) is 6. The average molecular weight is 422 g/mol. The Hall–Kier alpha value is -1.75. The molecule has 27 heavy (non-hydrogen) atoms. The number of aromatic nitrogens is 2. The maximum atomic E-state index is 12.9. The summed E-state index contributed by atoms with van der Waals surface area (Å²) in [6.45, 7) is 7.83. The van der Waals surface area contributed by atoms with Crippen LogP contribution in [0, 0.1) is 0 Å². The number of halogens is 4. The number of hydrogen-bond donors (Lipinski definition) is 3. The largest absolute Gasteiger partial charge is 0.418 e. The van der Waals surface area contributed by atoms with Gasteiger partial charge in [0.1, 0.15) is 15.7 Å². The molecule has 3 N–H and O–H groups in total. The minimum atomic E-state index is -4.64. The van der Waals surface area contributed by atoms with Gasteiger partial charge in [-0.15, -0.1) is 11.3 Å². The fourth-order valence-electron chi connectivity index (χ4n) is 1.88. The average Bonchev–Trinajstić information content (AvgIpc) is 3.03. The third kappa shape index (κ3) is 6.13. The molecule has 0 bridgehead atoms. The Kier molecular flexibility index (Phi) is 6.46. The van der Waals surface area contributed by atoms with Gasteiger partial charge in [0.15, 0.2) is 0 Å². The van der Waals surface area contributed by atoms with E-state index >= 15 is 0 Å². The van der Waals surface area contributed by atoms with E-state index in [2.05, 4.69) is 26.1 Å². The summed E-state index contributed by atoms with van der Waals surface area (Å²) in [4.78, 5) is 20.4. The van der Waals surface area contributed by atoms with Crippen molar-refractivity contribution in [3.05, 3.63) is 38.9 Å². The van der Waals surface area contributed by atoms with Gasteiger partial charge in [-0.1, -0.05) is 11.6 Å². The van der Waals surface area contributed by atoms with Gasteiger partial charge in [-0.3, -0.25) is 10.2 Å². The molecule has 0 saturated carbocycles. The van der Waals surface area contributed by atoms with E-state index in [9.17, 15) is 18.0 Å². The van der Waals surface area contributed by atoms with Gasteiger partial charge >= 0.3 is 6.18 Å². The Labute approximate surface area is 163 Å². The van der Waals surface area contributed by atoms with E-state index in [-0.39, 0.29) is 22.3 Å². The van der Waals surface area contributed by atoms with Crippen LogP contribution in [0.1, 0.15) is 54.0 Å². The number of rotatable bonds is 5. The zero-order valence-electron chi connectivity index (χ0n) is 15.0. The molecule has 0 aliphatic carbocycles. The molecule has 2 heterocycles. The highest BCUT2D eigenvalue weighted by Gasteiger charge is 2.34. The van der Waals surface area contributed by atoms with Crippen molar-refractivity contribution in [2.75, 3.05) is 5.32 Å².